The first kappa shape index (κ1) is 12.3. The molecule has 2 aromatic heterocycles. The predicted molar refractivity (Wildman–Crippen MR) is 67.5 cm³/mol. The lowest BCUT2D eigenvalue weighted by Crippen LogP contribution is -2.21. The molecule has 0 radical (unpaired) electrons. The molecule has 3 atom stereocenters. The second-order valence-corrected chi connectivity index (χ2v) is 4.74. The monoisotopic (exact) mass is 282 g/mol. The minimum atomic E-state index is -0.835. The van der Waals surface area contributed by atoms with Gasteiger partial charge in [-0.2, -0.15) is 0 Å². The Bertz CT molecular complexity index is 644. The molecule has 0 spiro atoms. The first-order valence-electron chi connectivity index (χ1n) is 5.67. The SMILES string of the molecule is Nc1ncnc2c1c(Cl)cn2[C@H]1C[C@H](O)[C@@H](C=O)O1. The Morgan fingerprint density at radius 1 is 1.58 bits per heavy atom. The molecule has 8 heteroatoms. The van der Waals surface area contributed by atoms with E-state index in [9.17, 15) is 9.90 Å². The second kappa shape index (κ2) is 4.44. The summed E-state index contributed by atoms with van der Waals surface area (Å²) in [6, 6.07) is 0. The Morgan fingerprint density at radius 3 is 3.05 bits per heavy atom. The third-order valence-electron chi connectivity index (χ3n) is 3.17. The van der Waals surface area contributed by atoms with E-state index >= 15 is 0 Å². The fourth-order valence-corrected chi connectivity index (χ4v) is 2.54. The number of aliphatic hydroxyl groups is 1. The molecule has 1 fully saturated rings. The van der Waals surface area contributed by atoms with Gasteiger partial charge in [0.2, 0.25) is 0 Å². The normalized spacial score (nSPS) is 26.9. The van der Waals surface area contributed by atoms with Gasteiger partial charge in [0.05, 0.1) is 16.5 Å². The summed E-state index contributed by atoms with van der Waals surface area (Å²) in [5.41, 5.74) is 6.27. The number of fused-ring (bicyclic) bond motifs is 1. The van der Waals surface area contributed by atoms with Gasteiger partial charge in [-0.3, -0.25) is 0 Å². The van der Waals surface area contributed by atoms with Crippen molar-refractivity contribution in [2.24, 2.45) is 0 Å². The highest BCUT2D eigenvalue weighted by Gasteiger charge is 2.35. The minimum absolute atomic E-state index is 0.277. The average molecular weight is 283 g/mol. The largest absolute Gasteiger partial charge is 0.390 e. The maximum absolute atomic E-state index is 10.8. The summed E-state index contributed by atoms with van der Waals surface area (Å²) >= 11 is 6.10. The van der Waals surface area contributed by atoms with Crippen molar-refractivity contribution in [1.82, 2.24) is 14.5 Å². The minimum Gasteiger partial charge on any atom is -0.390 e. The van der Waals surface area contributed by atoms with Crippen LogP contribution in [0.5, 0.6) is 0 Å². The Balaban J connectivity index is 2.07. The Labute approximate surface area is 113 Å². The molecular weight excluding hydrogens is 272 g/mol. The number of rotatable bonds is 2. The topological polar surface area (TPSA) is 103 Å². The number of aromatic nitrogens is 3. The van der Waals surface area contributed by atoms with Crippen LogP contribution >= 0.6 is 11.6 Å². The molecule has 0 aromatic carbocycles. The first-order valence-corrected chi connectivity index (χ1v) is 6.05. The van der Waals surface area contributed by atoms with Gasteiger partial charge in [0, 0.05) is 12.6 Å². The van der Waals surface area contributed by atoms with Crippen LogP contribution < -0.4 is 5.73 Å². The van der Waals surface area contributed by atoms with E-state index in [0.29, 0.717) is 22.3 Å². The van der Waals surface area contributed by atoms with Gasteiger partial charge >= 0.3 is 0 Å². The van der Waals surface area contributed by atoms with Crippen molar-refractivity contribution in [2.45, 2.75) is 24.9 Å². The predicted octanol–water partition coefficient (Wildman–Crippen LogP) is 0.514. The summed E-state index contributed by atoms with van der Waals surface area (Å²) in [5, 5.41) is 10.6. The van der Waals surface area contributed by atoms with Gasteiger partial charge in [-0.25, -0.2) is 9.97 Å². The zero-order valence-corrected chi connectivity index (χ0v) is 10.5. The van der Waals surface area contributed by atoms with Crippen molar-refractivity contribution in [3.8, 4) is 0 Å². The zero-order chi connectivity index (χ0) is 13.6. The number of anilines is 1. The number of nitrogens with zero attached hydrogens (tertiary/aromatic N) is 3. The molecule has 1 aliphatic heterocycles. The van der Waals surface area contributed by atoms with Gasteiger partial charge in [-0.15, -0.1) is 0 Å². The Hall–Kier alpha value is -1.70. The number of carbonyl (C=O) groups excluding carboxylic acids is 1. The van der Waals surface area contributed by atoms with E-state index in [-0.39, 0.29) is 12.2 Å². The molecule has 0 aliphatic carbocycles. The molecule has 0 unspecified atom stereocenters. The molecule has 3 N–H and O–H groups in total. The fourth-order valence-electron chi connectivity index (χ4n) is 2.25. The second-order valence-electron chi connectivity index (χ2n) is 4.34. The number of aliphatic hydroxyl groups excluding tert-OH is 1. The molecule has 0 amide bonds. The van der Waals surface area contributed by atoms with Crippen LogP contribution in [-0.4, -0.2) is 38.1 Å². The van der Waals surface area contributed by atoms with Gasteiger partial charge in [0.1, 0.15) is 30.1 Å². The van der Waals surface area contributed by atoms with E-state index in [2.05, 4.69) is 9.97 Å². The lowest BCUT2D eigenvalue weighted by atomic mass is 10.2. The van der Waals surface area contributed by atoms with Crippen LogP contribution in [0.15, 0.2) is 12.5 Å². The summed E-state index contributed by atoms with van der Waals surface area (Å²) < 4.78 is 7.11. The van der Waals surface area contributed by atoms with Crippen LogP contribution in [-0.2, 0) is 9.53 Å². The molecule has 3 rings (SSSR count). The van der Waals surface area contributed by atoms with Crippen molar-refractivity contribution in [2.75, 3.05) is 5.73 Å². The van der Waals surface area contributed by atoms with Gasteiger partial charge in [0.15, 0.2) is 6.29 Å². The number of nitrogen functional groups attached to an aromatic ring is 1. The summed E-state index contributed by atoms with van der Waals surface area (Å²) in [6.07, 6.45) is 1.64. The summed E-state index contributed by atoms with van der Waals surface area (Å²) in [7, 11) is 0. The first-order chi connectivity index (χ1) is 9.11. The summed E-state index contributed by atoms with van der Waals surface area (Å²) in [6.45, 7) is 0. The van der Waals surface area contributed by atoms with Crippen LogP contribution in [0.4, 0.5) is 5.82 Å². The van der Waals surface area contributed by atoms with E-state index in [1.54, 1.807) is 10.8 Å². The zero-order valence-electron chi connectivity index (χ0n) is 9.73. The molecule has 7 nitrogen and oxygen atoms in total. The summed E-state index contributed by atoms with van der Waals surface area (Å²) in [5.74, 6) is 0.277. The van der Waals surface area contributed by atoms with Crippen molar-refractivity contribution < 1.29 is 14.6 Å². The highest BCUT2D eigenvalue weighted by atomic mass is 35.5. The van der Waals surface area contributed by atoms with E-state index in [1.807, 2.05) is 0 Å². The molecule has 19 heavy (non-hydrogen) atoms. The number of nitrogens with two attached hydrogens (primary N) is 1. The van der Waals surface area contributed by atoms with E-state index in [4.69, 9.17) is 22.1 Å². The molecule has 0 bridgehead atoms. The number of carbonyl (C=O) groups is 1. The average Bonchev–Trinajstić information content (AvgIpc) is 2.91. The standard InChI is InChI=1S/C11H11ClN4O3/c12-5-2-16(8-1-6(18)7(3-17)19-8)11-9(5)10(13)14-4-15-11/h2-4,6-8,18H,1H2,(H2,13,14,15)/t6-,7+,8+/m0/s1. The lowest BCUT2D eigenvalue weighted by Gasteiger charge is -2.12. The number of aldehydes is 1. The molecule has 0 saturated carbocycles. The quantitative estimate of drug-likeness (QED) is 0.778. The molecule has 3 heterocycles. The fraction of sp³-hybridized carbons (Fsp3) is 0.364. The van der Waals surface area contributed by atoms with Crippen molar-refractivity contribution >= 4 is 34.7 Å². The molecule has 2 aromatic rings. The number of halogens is 1. The van der Waals surface area contributed by atoms with Crippen molar-refractivity contribution in [1.29, 1.82) is 0 Å². The number of hydrogen-bond acceptors (Lipinski definition) is 6. The highest BCUT2D eigenvalue weighted by Crippen LogP contribution is 2.35. The Morgan fingerprint density at radius 2 is 2.37 bits per heavy atom. The smallest absolute Gasteiger partial charge is 0.151 e. The summed E-state index contributed by atoms with van der Waals surface area (Å²) in [4.78, 5) is 18.7. The van der Waals surface area contributed by atoms with Crippen molar-refractivity contribution in [3.63, 3.8) is 0 Å². The van der Waals surface area contributed by atoms with Crippen LogP contribution in [0.1, 0.15) is 12.6 Å². The molecule has 1 saturated heterocycles. The van der Waals surface area contributed by atoms with Crippen LogP contribution in [0.25, 0.3) is 11.0 Å². The number of hydrogen-bond donors (Lipinski definition) is 2. The third-order valence-corrected chi connectivity index (χ3v) is 3.46. The van der Waals surface area contributed by atoms with Crippen LogP contribution in [0.2, 0.25) is 5.02 Å². The third kappa shape index (κ3) is 1.86. The maximum Gasteiger partial charge on any atom is 0.151 e. The van der Waals surface area contributed by atoms with Crippen LogP contribution in [0.3, 0.4) is 0 Å². The van der Waals surface area contributed by atoms with Gasteiger partial charge in [-0.05, 0) is 0 Å². The van der Waals surface area contributed by atoms with Gasteiger partial charge in [0.25, 0.3) is 0 Å². The Kier molecular flexibility index (Phi) is 2.89. The van der Waals surface area contributed by atoms with Gasteiger partial charge < -0.3 is 24.9 Å². The van der Waals surface area contributed by atoms with E-state index in [1.165, 1.54) is 6.33 Å². The van der Waals surface area contributed by atoms with E-state index in [0.717, 1.165) is 0 Å². The lowest BCUT2D eigenvalue weighted by molar-refractivity contribution is -0.122. The molecule has 100 valence electrons. The van der Waals surface area contributed by atoms with Crippen LogP contribution in [0, 0.1) is 0 Å². The molecule has 1 aliphatic rings. The maximum atomic E-state index is 10.8. The van der Waals surface area contributed by atoms with Crippen molar-refractivity contribution in [3.05, 3.63) is 17.5 Å². The number of ether oxygens (including phenoxy) is 1. The van der Waals surface area contributed by atoms with E-state index < -0.39 is 18.4 Å². The molecular formula is C11H11ClN4O3. The van der Waals surface area contributed by atoms with Gasteiger partial charge in [-0.1, -0.05) is 11.6 Å². The highest BCUT2D eigenvalue weighted by molar-refractivity contribution is 6.36.